The van der Waals surface area contributed by atoms with Crippen molar-refractivity contribution in [3.63, 3.8) is 0 Å². The van der Waals surface area contributed by atoms with Crippen LogP contribution in [-0.2, 0) is 6.54 Å². The Bertz CT molecular complexity index is 524. The smallest absolute Gasteiger partial charge is 0.109 e. The van der Waals surface area contributed by atoms with Gasteiger partial charge in [-0.15, -0.1) is 0 Å². The number of aromatic nitrogens is 1. The van der Waals surface area contributed by atoms with Gasteiger partial charge in [0.15, 0.2) is 0 Å². The van der Waals surface area contributed by atoms with Gasteiger partial charge in [-0.3, -0.25) is 10.3 Å². The average molecular weight is 274 g/mol. The van der Waals surface area contributed by atoms with Gasteiger partial charge in [0.1, 0.15) is 5.84 Å². The third-order valence-electron chi connectivity index (χ3n) is 4.07. The monoisotopic (exact) mass is 274 g/mol. The predicted molar refractivity (Wildman–Crippen MR) is 79.8 cm³/mol. The molecule has 3 rings (SSSR count). The average Bonchev–Trinajstić information content (AvgIpc) is 3.15. The van der Waals surface area contributed by atoms with Crippen molar-refractivity contribution in [2.24, 2.45) is 4.99 Å². The topological polar surface area (TPSA) is 64.6 Å². The fourth-order valence-electron chi connectivity index (χ4n) is 2.76. The van der Waals surface area contributed by atoms with Gasteiger partial charge in [-0.1, -0.05) is 0 Å². The van der Waals surface area contributed by atoms with Crippen LogP contribution in [0.15, 0.2) is 17.4 Å². The molecule has 0 unspecified atom stereocenters. The molecule has 1 saturated carbocycles. The Morgan fingerprint density at radius 2 is 2.20 bits per heavy atom. The first-order chi connectivity index (χ1) is 9.67. The summed E-state index contributed by atoms with van der Waals surface area (Å²) >= 11 is 0. The standard InChI is InChI=1S/C15H22N4O/c1-17-5-4-15(16)19-7-12(6-18-8-13(20)9-18)14(10-19)11-2-3-11/h5,7,10-11,13,16,20H,2-4,6,8-9H2,1H3. The molecule has 1 saturated heterocycles. The largest absolute Gasteiger partial charge is 0.390 e. The summed E-state index contributed by atoms with van der Waals surface area (Å²) in [7, 11) is 1.74. The molecule has 1 aliphatic heterocycles. The van der Waals surface area contributed by atoms with Crippen molar-refractivity contribution in [2.75, 3.05) is 20.1 Å². The zero-order valence-corrected chi connectivity index (χ0v) is 11.9. The van der Waals surface area contributed by atoms with Crippen molar-refractivity contribution in [1.29, 1.82) is 5.41 Å². The van der Waals surface area contributed by atoms with Gasteiger partial charge in [-0.25, -0.2) is 0 Å². The highest BCUT2D eigenvalue weighted by atomic mass is 16.3. The third kappa shape index (κ3) is 2.83. The number of aliphatic imine (C=N–C) groups is 1. The van der Waals surface area contributed by atoms with Gasteiger partial charge in [-0.05, 0) is 29.9 Å². The molecule has 0 radical (unpaired) electrons. The van der Waals surface area contributed by atoms with Crippen LogP contribution in [0.3, 0.4) is 0 Å². The van der Waals surface area contributed by atoms with Gasteiger partial charge in [0, 0.05) is 51.7 Å². The SMILES string of the molecule is CN=CCC(=N)n1cc(CN2CC(O)C2)c(C2CC2)c1. The number of aliphatic hydroxyl groups is 1. The Hall–Kier alpha value is -1.46. The summed E-state index contributed by atoms with van der Waals surface area (Å²) in [5.41, 5.74) is 2.71. The highest BCUT2D eigenvalue weighted by Crippen LogP contribution is 2.42. The molecular formula is C15H22N4O. The molecule has 2 heterocycles. The minimum Gasteiger partial charge on any atom is -0.390 e. The number of aliphatic hydroxyl groups excluding tert-OH is 1. The minimum atomic E-state index is -0.152. The normalized spacial score (nSPS) is 20.5. The number of hydrogen-bond donors (Lipinski definition) is 2. The molecule has 2 aliphatic rings. The quantitative estimate of drug-likeness (QED) is 0.630. The second-order valence-electron chi connectivity index (χ2n) is 5.86. The Labute approximate surface area is 119 Å². The molecule has 5 heteroatoms. The molecule has 1 aromatic rings. The maximum atomic E-state index is 9.38. The molecule has 0 spiro atoms. The number of nitrogens with one attached hydrogen (secondary N) is 1. The van der Waals surface area contributed by atoms with Gasteiger partial charge in [0.05, 0.1) is 6.10 Å². The second kappa shape index (κ2) is 5.50. The Kier molecular flexibility index (Phi) is 3.72. The zero-order chi connectivity index (χ0) is 14.1. The summed E-state index contributed by atoms with van der Waals surface area (Å²) < 4.78 is 1.93. The van der Waals surface area contributed by atoms with E-state index in [0.29, 0.717) is 18.2 Å². The van der Waals surface area contributed by atoms with Crippen LogP contribution in [0.1, 0.15) is 36.3 Å². The molecule has 1 aliphatic carbocycles. The molecular weight excluding hydrogens is 252 g/mol. The molecule has 2 fully saturated rings. The fraction of sp³-hybridized carbons (Fsp3) is 0.600. The van der Waals surface area contributed by atoms with Crippen LogP contribution in [-0.4, -0.2) is 52.9 Å². The van der Waals surface area contributed by atoms with E-state index in [9.17, 15) is 5.11 Å². The molecule has 5 nitrogen and oxygen atoms in total. The van der Waals surface area contributed by atoms with Gasteiger partial charge in [0.2, 0.25) is 0 Å². The lowest BCUT2D eigenvalue weighted by molar-refractivity contribution is -0.00298. The van der Waals surface area contributed by atoms with Crippen LogP contribution in [0.5, 0.6) is 0 Å². The lowest BCUT2D eigenvalue weighted by Crippen LogP contribution is -2.49. The summed E-state index contributed by atoms with van der Waals surface area (Å²) in [6.07, 6.45) is 8.92. The molecule has 0 aromatic carbocycles. The van der Waals surface area contributed by atoms with Gasteiger partial charge >= 0.3 is 0 Å². The second-order valence-corrected chi connectivity index (χ2v) is 5.86. The first kappa shape index (κ1) is 13.5. The number of rotatable bonds is 5. The molecule has 20 heavy (non-hydrogen) atoms. The van der Waals surface area contributed by atoms with Gasteiger partial charge in [-0.2, -0.15) is 0 Å². The number of nitrogens with zero attached hydrogens (tertiary/aromatic N) is 3. The van der Waals surface area contributed by atoms with E-state index in [1.54, 1.807) is 13.3 Å². The summed E-state index contributed by atoms with van der Waals surface area (Å²) in [6, 6.07) is 0. The van der Waals surface area contributed by atoms with Crippen molar-refractivity contribution in [2.45, 2.75) is 37.8 Å². The first-order valence-corrected chi connectivity index (χ1v) is 7.27. The van der Waals surface area contributed by atoms with E-state index >= 15 is 0 Å². The molecule has 0 atom stereocenters. The lowest BCUT2D eigenvalue weighted by atomic mass is 10.1. The van der Waals surface area contributed by atoms with E-state index in [4.69, 9.17) is 5.41 Å². The minimum absolute atomic E-state index is 0.152. The van der Waals surface area contributed by atoms with E-state index in [1.165, 1.54) is 24.0 Å². The van der Waals surface area contributed by atoms with E-state index in [1.807, 2.05) is 4.57 Å². The summed E-state index contributed by atoms with van der Waals surface area (Å²) in [4.78, 5) is 6.20. The summed E-state index contributed by atoms with van der Waals surface area (Å²) in [6.45, 7) is 2.44. The Morgan fingerprint density at radius 1 is 1.45 bits per heavy atom. The van der Waals surface area contributed by atoms with Gasteiger partial charge < -0.3 is 14.7 Å². The fourth-order valence-corrected chi connectivity index (χ4v) is 2.76. The van der Waals surface area contributed by atoms with Crippen LogP contribution in [0.2, 0.25) is 0 Å². The van der Waals surface area contributed by atoms with E-state index in [0.717, 1.165) is 19.6 Å². The maximum Gasteiger partial charge on any atom is 0.109 e. The molecule has 108 valence electrons. The number of β-amino-alcohol motifs (C(OH)–C–C–N with tert-alkyl or cyclic N) is 1. The van der Waals surface area contributed by atoms with Crippen molar-refractivity contribution in [3.05, 3.63) is 23.5 Å². The molecule has 0 bridgehead atoms. The number of likely N-dealkylation sites (tertiary alicyclic amines) is 1. The van der Waals surface area contributed by atoms with E-state index < -0.39 is 0 Å². The molecule has 0 amide bonds. The van der Waals surface area contributed by atoms with Crippen LogP contribution >= 0.6 is 0 Å². The number of hydrogen-bond acceptors (Lipinski definition) is 4. The first-order valence-electron chi connectivity index (χ1n) is 7.27. The van der Waals surface area contributed by atoms with Crippen LogP contribution in [0, 0.1) is 5.41 Å². The van der Waals surface area contributed by atoms with Crippen molar-refractivity contribution < 1.29 is 5.11 Å². The highest BCUT2D eigenvalue weighted by molar-refractivity contribution is 5.93. The third-order valence-corrected chi connectivity index (χ3v) is 4.07. The molecule has 1 aromatic heterocycles. The van der Waals surface area contributed by atoms with Crippen LogP contribution in [0.4, 0.5) is 0 Å². The van der Waals surface area contributed by atoms with Crippen molar-refractivity contribution in [3.8, 4) is 0 Å². The van der Waals surface area contributed by atoms with E-state index in [2.05, 4.69) is 22.3 Å². The van der Waals surface area contributed by atoms with Crippen molar-refractivity contribution in [1.82, 2.24) is 9.47 Å². The Balaban J connectivity index is 1.74. The Morgan fingerprint density at radius 3 is 2.80 bits per heavy atom. The summed E-state index contributed by atoms with van der Waals surface area (Å²) in [5.74, 6) is 1.25. The summed E-state index contributed by atoms with van der Waals surface area (Å²) in [5, 5.41) is 17.5. The predicted octanol–water partition coefficient (Wildman–Crippen LogP) is 1.46. The maximum absolute atomic E-state index is 9.38. The zero-order valence-electron chi connectivity index (χ0n) is 11.9. The molecule has 2 N–H and O–H groups in total. The highest BCUT2D eigenvalue weighted by Gasteiger charge is 2.30. The van der Waals surface area contributed by atoms with Crippen LogP contribution in [0.25, 0.3) is 0 Å². The van der Waals surface area contributed by atoms with Crippen molar-refractivity contribution >= 4 is 12.1 Å². The van der Waals surface area contributed by atoms with Crippen LogP contribution < -0.4 is 0 Å². The van der Waals surface area contributed by atoms with E-state index in [-0.39, 0.29) is 6.10 Å². The lowest BCUT2D eigenvalue weighted by Gasteiger charge is -2.35. The van der Waals surface area contributed by atoms with Gasteiger partial charge in [0.25, 0.3) is 0 Å².